The van der Waals surface area contributed by atoms with Crippen molar-refractivity contribution in [3.05, 3.63) is 118 Å². The topological polar surface area (TPSA) is 37.3 Å². The Morgan fingerprint density at radius 2 is 1.44 bits per heavy atom. The Bertz CT molecular complexity index is 1380. The van der Waals surface area contributed by atoms with Crippen LogP contribution >= 0.6 is 23.2 Å². The molecule has 0 spiro atoms. The summed E-state index contributed by atoms with van der Waals surface area (Å²) in [7, 11) is 0. The van der Waals surface area contributed by atoms with Crippen LogP contribution in [0.1, 0.15) is 17.3 Å². The number of amidine groups is 1. The maximum Gasteiger partial charge on any atom is 0.231 e. The van der Waals surface area contributed by atoms with E-state index in [2.05, 4.69) is 17.0 Å². The molecule has 0 aromatic heterocycles. The average Bonchev–Trinajstić information content (AvgIpc) is 3.51. The normalized spacial score (nSPS) is 16.6. The summed E-state index contributed by atoms with van der Waals surface area (Å²) in [6, 6.07) is 31.8. The monoisotopic (exact) mass is 487 g/mol. The number of ether oxygens (including phenoxy) is 2. The number of para-hydroxylation sites is 1. The molecule has 2 aliphatic heterocycles. The van der Waals surface area contributed by atoms with E-state index in [1.165, 1.54) is 0 Å². The highest BCUT2D eigenvalue weighted by Gasteiger charge is 2.38. The second-order valence-electron chi connectivity index (χ2n) is 7.92. The van der Waals surface area contributed by atoms with E-state index < -0.39 is 0 Å². The molecular weight excluding hydrogens is 469 g/mol. The Kier molecular flexibility index (Phi) is 5.28. The first kappa shape index (κ1) is 20.9. The van der Waals surface area contributed by atoms with Gasteiger partial charge in [0.1, 0.15) is 0 Å². The molecule has 34 heavy (non-hydrogen) atoms. The Morgan fingerprint density at radius 1 is 0.706 bits per heavy atom. The molecule has 0 fully saturated rings. The van der Waals surface area contributed by atoms with Crippen molar-refractivity contribution in [2.24, 2.45) is 5.10 Å². The van der Waals surface area contributed by atoms with Gasteiger partial charge in [-0.1, -0.05) is 77.8 Å². The summed E-state index contributed by atoms with van der Waals surface area (Å²) in [4.78, 5) is 2.17. The van der Waals surface area contributed by atoms with Gasteiger partial charge in [0.05, 0.1) is 15.7 Å². The number of hydrazone groups is 1. The minimum Gasteiger partial charge on any atom is -0.454 e. The molecule has 2 aliphatic rings. The van der Waals surface area contributed by atoms with Crippen LogP contribution in [0.25, 0.3) is 0 Å². The first-order valence-corrected chi connectivity index (χ1v) is 11.6. The first-order valence-electron chi connectivity index (χ1n) is 10.8. The van der Waals surface area contributed by atoms with Crippen molar-refractivity contribution in [3.63, 3.8) is 0 Å². The van der Waals surface area contributed by atoms with Gasteiger partial charge >= 0.3 is 0 Å². The van der Waals surface area contributed by atoms with Gasteiger partial charge < -0.3 is 9.47 Å². The molecule has 168 valence electrons. The lowest BCUT2D eigenvalue weighted by Crippen LogP contribution is -2.35. The third-order valence-electron chi connectivity index (χ3n) is 5.84. The Morgan fingerprint density at radius 3 is 2.21 bits per heavy atom. The lowest BCUT2D eigenvalue weighted by Gasteiger charge is -2.32. The number of nitrogens with zero attached hydrogens (tertiary/aromatic N) is 3. The van der Waals surface area contributed by atoms with Crippen LogP contribution in [0.2, 0.25) is 10.0 Å². The van der Waals surface area contributed by atoms with Gasteiger partial charge in [-0.05, 0) is 42.5 Å². The number of hydrogen-bond donors (Lipinski definition) is 0. The summed E-state index contributed by atoms with van der Waals surface area (Å²) in [6.45, 7) is 0.216. The second-order valence-corrected chi connectivity index (χ2v) is 8.74. The Hall–Kier alpha value is -3.67. The van der Waals surface area contributed by atoms with Crippen LogP contribution in [0.5, 0.6) is 11.5 Å². The Balaban J connectivity index is 1.57. The summed E-state index contributed by atoms with van der Waals surface area (Å²) in [5, 5.41) is 8.12. The number of rotatable bonds is 4. The highest BCUT2D eigenvalue weighted by molar-refractivity contribution is 6.42. The molecule has 0 bridgehead atoms. The van der Waals surface area contributed by atoms with Gasteiger partial charge in [0.2, 0.25) is 6.79 Å². The summed E-state index contributed by atoms with van der Waals surface area (Å²) >= 11 is 12.7. The fraction of sp³-hybridized carbons (Fsp3) is 0.0741. The van der Waals surface area contributed by atoms with Crippen molar-refractivity contribution < 1.29 is 9.47 Å². The van der Waals surface area contributed by atoms with E-state index in [0.717, 1.165) is 34.1 Å². The lowest BCUT2D eigenvalue weighted by atomic mass is 10.1. The van der Waals surface area contributed by atoms with E-state index in [4.69, 9.17) is 37.8 Å². The molecule has 7 heteroatoms. The van der Waals surface area contributed by atoms with Crippen molar-refractivity contribution in [2.75, 3.05) is 16.7 Å². The van der Waals surface area contributed by atoms with Crippen molar-refractivity contribution in [1.29, 1.82) is 0 Å². The summed E-state index contributed by atoms with van der Waals surface area (Å²) < 4.78 is 11.2. The standard InChI is InChI=1S/C27H19Cl2N3O2/c28-22-13-12-21(16-23(22)29)31-26(18-7-3-1-4-8-18)30-32(20-9-5-2-6-10-20)27(31)19-11-14-24-25(15-19)34-17-33-24/h1-16,27H,17H2. The van der Waals surface area contributed by atoms with E-state index in [0.29, 0.717) is 15.8 Å². The highest BCUT2D eigenvalue weighted by Crippen LogP contribution is 2.44. The molecule has 4 aromatic carbocycles. The number of benzene rings is 4. The number of halogens is 2. The van der Waals surface area contributed by atoms with Crippen LogP contribution in [0.4, 0.5) is 11.4 Å². The Labute approximate surface area is 207 Å². The fourth-order valence-electron chi connectivity index (χ4n) is 4.26. The minimum atomic E-state index is -0.302. The highest BCUT2D eigenvalue weighted by atomic mass is 35.5. The molecular formula is C27H19Cl2N3O2. The molecule has 1 unspecified atom stereocenters. The smallest absolute Gasteiger partial charge is 0.231 e. The minimum absolute atomic E-state index is 0.216. The van der Waals surface area contributed by atoms with Crippen LogP contribution in [-0.4, -0.2) is 12.6 Å². The van der Waals surface area contributed by atoms with E-state index >= 15 is 0 Å². The van der Waals surface area contributed by atoms with E-state index in [-0.39, 0.29) is 13.0 Å². The molecule has 0 aliphatic carbocycles. The zero-order valence-corrected chi connectivity index (χ0v) is 19.4. The predicted octanol–water partition coefficient (Wildman–Crippen LogP) is 7.11. The van der Waals surface area contributed by atoms with Gasteiger partial charge in [0.15, 0.2) is 23.5 Å². The zero-order chi connectivity index (χ0) is 23.1. The predicted molar refractivity (Wildman–Crippen MR) is 136 cm³/mol. The van der Waals surface area contributed by atoms with Crippen molar-refractivity contribution in [3.8, 4) is 11.5 Å². The van der Waals surface area contributed by atoms with Crippen LogP contribution in [0.15, 0.2) is 102 Å². The van der Waals surface area contributed by atoms with E-state index in [1.807, 2.05) is 89.9 Å². The fourth-order valence-corrected chi connectivity index (χ4v) is 4.55. The molecule has 0 saturated heterocycles. The van der Waals surface area contributed by atoms with Crippen LogP contribution in [0.3, 0.4) is 0 Å². The van der Waals surface area contributed by atoms with Crippen LogP contribution in [-0.2, 0) is 0 Å². The summed E-state index contributed by atoms with van der Waals surface area (Å²) in [6.07, 6.45) is -0.302. The van der Waals surface area contributed by atoms with E-state index in [9.17, 15) is 0 Å². The molecule has 0 amide bonds. The van der Waals surface area contributed by atoms with Gasteiger partial charge in [-0.2, -0.15) is 5.10 Å². The average molecular weight is 488 g/mol. The van der Waals surface area contributed by atoms with Crippen molar-refractivity contribution in [2.45, 2.75) is 6.17 Å². The van der Waals surface area contributed by atoms with Crippen molar-refractivity contribution >= 4 is 40.4 Å². The molecule has 2 heterocycles. The number of hydrogen-bond acceptors (Lipinski definition) is 5. The molecule has 0 radical (unpaired) electrons. The third kappa shape index (κ3) is 3.63. The molecule has 5 nitrogen and oxygen atoms in total. The van der Waals surface area contributed by atoms with Crippen LogP contribution < -0.4 is 19.4 Å². The third-order valence-corrected chi connectivity index (χ3v) is 6.57. The first-order chi connectivity index (χ1) is 16.7. The molecule has 6 rings (SSSR count). The number of anilines is 2. The second kappa shape index (κ2) is 8.60. The summed E-state index contributed by atoms with van der Waals surface area (Å²) in [5.41, 5.74) is 3.81. The molecule has 0 N–H and O–H groups in total. The van der Waals surface area contributed by atoms with Gasteiger partial charge in [-0.25, -0.2) is 5.01 Å². The van der Waals surface area contributed by atoms with Gasteiger partial charge in [-0.3, -0.25) is 4.90 Å². The van der Waals surface area contributed by atoms with Gasteiger partial charge in [0.25, 0.3) is 0 Å². The van der Waals surface area contributed by atoms with Crippen LogP contribution in [0, 0.1) is 0 Å². The maximum absolute atomic E-state index is 6.46. The molecule has 4 aromatic rings. The quantitative estimate of drug-likeness (QED) is 0.307. The molecule has 1 atom stereocenters. The lowest BCUT2D eigenvalue weighted by molar-refractivity contribution is 0.174. The summed E-state index contributed by atoms with van der Waals surface area (Å²) in [5.74, 6) is 2.25. The van der Waals surface area contributed by atoms with Crippen molar-refractivity contribution in [1.82, 2.24) is 0 Å². The van der Waals surface area contributed by atoms with Gasteiger partial charge in [0, 0.05) is 16.8 Å². The SMILES string of the molecule is Clc1ccc(N2C(c3ccccc3)=NN(c3ccccc3)C2c2ccc3c(c2)OCO3)cc1Cl. The van der Waals surface area contributed by atoms with E-state index in [1.54, 1.807) is 0 Å². The van der Waals surface area contributed by atoms with Gasteiger partial charge in [-0.15, -0.1) is 0 Å². The molecule has 0 saturated carbocycles. The maximum atomic E-state index is 6.46. The zero-order valence-electron chi connectivity index (χ0n) is 17.9. The largest absolute Gasteiger partial charge is 0.454 e. The number of fused-ring (bicyclic) bond motifs is 1.